The van der Waals surface area contributed by atoms with E-state index in [2.05, 4.69) is 101 Å². The van der Waals surface area contributed by atoms with Crippen molar-refractivity contribution in [1.29, 1.82) is 0 Å². The summed E-state index contributed by atoms with van der Waals surface area (Å²) in [6.07, 6.45) is 2.16. The Morgan fingerprint density at radius 2 is 1.76 bits per heavy atom. The van der Waals surface area contributed by atoms with E-state index in [1.807, 2.05) is 36.4 Å². The largest absolute Gasteiger partial charge is 0.320 e. The van der Waals surface area contributed by atoms with Crippen LogP contribution in [0.2, 0.25) is 0 Å². The molecule has 2 nitrogen and oxygen atoms in total. The third-order valence-electron chi connectivity index (χ3n) is 6.81. The molecule has 1 aliphatic heterocycles. The van der Waals surface area contributed by atoms with E-state index in [9.17, 15) is 0 Å². The second kappa shape index (κ2) is 9.58. The molecule has 1 heterocycles. The Balaban J connectivity index is 1.75. The number of hydrogen-bond donors (Lipinski definition) is 0. The van der Waals surface area contributed by atoms with Crippen LogP contribution in [0.3, 0.4) is 0 Å². The Hall–Kier alpha value is -3.19. The molecule has 0 aliphatic carbocycles. The molecule has 0 aromatic heterocycles. The number of hydrogen-bond acceptors (Lipinski definition) is 2. The zero-order valence-corrected chi connectivity index (χ0v) is 21.9. The first-order valence-electron chi connectivity index (χ1n) is 11.7. The molecule has 3 heteroatoms. The third-order valence-corrected chi connectivity index (χ3v) is 10.5. The summed E-state index contributed by atoms with van der Waals surface area (Å²) in [5, 5.41) is 2.37. The highest BCUT2D eigenvalue weighted by molar-refractivity contribution is 14.2. The van der Waals surface area contributed by atoms with E-state index in [4.69, 9.17) is 0 Å². The van der Waals surface area contributed by atoms with Crippen molar-refractivity contribution in [2.45, 2.75) is 32.1 Å². The summed E-state index contributed by atoms with van der Waals surface area (Å²) in [6.45, 7) is 7.99. The molecule has 0 bridgehead atoms. The highest BCUT2D eigenvalue weighted by atomic mass is 127. The fraction of sp³-hybridized carbons (Fsp3) is 0.194. The number of para-hydroxylation sites is 1. The van der Waals surface area contributed by atoms with Crippen LogP contribution in [-0.4, -0.2) is 15.9 Å². The van der Waals surface area contributed by atoms with Gasteiger partial charge in [-0.25, -0.2) is 4.99 Å². The molecule has 0 saturated heterocycles. The van der Waals surface area contributed by atoms with Gasteiger partial charge in [0.25, 0.3) is 0 Å². The maximum absolute atomic E-state index is 4.63. The van der Waals surface area contributed by atoms with Crippen molar-refractivity contribution in [3.63, 3.8) is 0 Å². The molecular weight excluding hydrogens is 527 g/mol. The van der Waals surface area contributed by atoms with Crippen molar-refractivity contribution in [1.82, 2.24) is 0 Å². The third kappa shape index (κ3) is 3.98. The maximum Gasteiger partial charge on any atom is 0.0729 e. The summed E-state index contributed by atoms with van der Waals surface area (Å²) in [5.41, 5.74) is 4.74. The van der Waals surface area contributed by atoms with Crippen LogP contribution in [0.15, 0.2) is 96.0 Å². The summed E-state index contributed by atoms with van der Waals surface area (Å²) >= 11 is -0.413. The van der Waals surface area contributed by atoms with Gasteiger partial charge in [0, 0.05) is 53.5 Å². The second-order valence-corrected chi connectivity index (χ2v) is 11.5. The van der Waals surface area contributed by atoms with Crippen LogP contribution in [0.4, 0.5) is 11.4 Å². The number of allylic oxidation sites excluding steroid dienone is 1. The minimum absolute atomic E-state index is 0.208. The van der Waals surface area contributed by atoms with Crippen LogP contribution in [0.5, 0.6) is 0 Å². The molecule has 0 saturated carbocycles. The van der Waals surface area contributed by atoms with E-state index in [1.165, 1.54) is 31.1 Å². The van der Waals surface area contributed by atoms with E-state index in [0.717, 1.165) is 12.2 Å². The van der Waals surface area contributed by atoms with Crippen LogP contribution in [0, 0.1) is 12.1 Å². The van der Waals surface area contributed by atoms with E-state index < -0.39 is 21.0 Å². The van der Waals surface area contributed by atoms with Crippen molar-refractivity contribution >= 4 is 52.5 Å². The van der Waals surface area contributed by atoms with Crippen LogP contribution in [0.25, 0.3) is 10.8 Å². The van der Waals surface area contributed by atoms with E-state index in [0.29, 0.717) is 0 Å². The Labute approximate surface area is 212 Å². The molecule has 34 heavy (non-hydrogen) atoms. The van der Waals surface area contributed by atoms with Gasteiger partial charge in [0.15, 0.2) is 0 Å². The van der Waals surface area contributed by atoms with Crippen LogP contribution in [-0.2, 0) is 5.41 Å². The number of rotatable bonds is 5. The molecule has 0 fully saturated rings. The van der Waals surface area contributed by atoms with Crippen LogP contribution < -0.4 is 3.11 Å². The fourth-order valence-corrected chi connectivity index (χ4v) is 7.93. The van der Waals surface area contributed by atoms with Gasteiger partial charge >= 0.3 is 0 Å². The normalized spacial score (nSPS) is 18.0. The Kier molecular flexibility index (Phi) is 6.37. The zero-order chi connectivity index (χ0) is 23.5. The quantitative estimate of drug-likeness (QED) is 0.139. The van der Waals surface area contributed by atoms with Gasteiger partial charge in [-0.1, -0.05) is 80.6 Å². The molecule has 4 aromatic rings. The molecule has 0 N–H and O–H groups in total. The number of fused-ring (bicyclic) bond motifs is 3. The van der Waals surface area contributed by atoms with Gasteiger partial charge in [-0.2, -0.15) is 0 Å². The monoisotopic (exact) mass is 554 g/mol. The first-order chi connectivity index (χ1) is 16.6. The van der Waals surface area contributed by atoms with Crippen molar-refractivity contribution in [3.05, 3.63) is 114 Å². The lowest BCUT2D eigenvalue weighted by Crippen LogP contribution is -2.41. The average molecular weight is 554 g/mol. The molecule has 0 radical (unpaired) electrons. The summed E-state index contributed by atoms with van der Waals surface area (Å²) in [4.78, 5) is 4.63. The minimum Gasteiger partial charge on any atom is -0.320 e. The lowest BCUT2D eigenvalue weighted by Gasteiger charge is -2.44. The predicted octanol–water partition coefficient (Wildman–Crippen LogP) is 7.96. The lowest BCUT2D eigenvalue weighted by molar-refractivity contribution is 0.538. The summed E-state index contributed by atoms with van der Waals surface area (Å²) in [7, 11) is 0. The molecule has 168 valence electrons. The zero-order valence-electron chi connectivity index (χ0n) is 19.7. The standard InChI is InChI=1S/C31H27IN2/c1-4-34-28-20-19-25-15-11-12-18-27(25)30(28)31(3,23(2)24-13-7-5-8-14-24)29(32-34)21-22-33-26-16-9-6-10-17-26/h5-11,13-17,19-21,23H,4H2,1-3H3/t23-,31?/m0/s1. The topological polar surface area (TPSA) is 15.6 Å². The number of nitrogens with zero attached hydrogens (tertiary/aromatic N) is 2. The SMILES string of the molecule is CCN1I=C(C=C=Nc2ccccc2)C(C)([C@@H](C)c2ccccc2)c2c1ccc1ccc#cc21. The van der Waals surface area contributed by atoms with Gasteiger partial charge in [-0.05, 0) is 60.0 Å². The van der Waals surface area contributed by atoms with Gasteiger partial charge in [0.05, 0.1) is 11.4 Å². The molecule has 2 atom stereocenters. The summed E-state index contributed by atoms with van der Waals surface area (Å²) in [5.74, 6) is 3.58. The smallest absolute Gasteiger partial charge is 0.0729 e. The van der Waals surface area contributed by atoms with Crippen molar-refractivity contribution in [3.8, 4) is 0 Å². The number of anilines is 1. The predicted molar refractivity (Wildman–Crippen MR) is 154 cm³/mol. The van der Waals surface area contributed by atoms with Crippen molar-refractivity contribution < 1.29 is 0 Å². The summed E-state index contributed by atoms with van der Waals surface area (Å²) in [6, 6.07) is 36.3. The minimum atomic E-state index is -0.413. The van der Waals surface area contributed by atoms with E-state index in [1.54, 1.807) is 0 Å². The number of halogens is 1. The number of benzene rings is 3. The van der Waals surface area contributed by atoms with E-state index >= 15 is 0 Å². The fourth-order valence-electron chi connectivity index (χ4n) is 4.79. The molecule has 0 amide bonds. The molecule has 1 unspecified atom stereocenters. The average Bonchev–Trinajstić information content (AvgIpc) is 2.90. The van der Waals surface area contributed by atoms with Crippen molar-refractivity contribution in [2.75, 3.05) is 9.66 Å². The first-order valence-corrected chi connectivity index (χ1v) is 13.7. The Bertz CT molecular complexity index is 1400. The molecule has 0 spiro atoms. The Morgan fingerprint density at radius 3 is 2.50 bits per heavy atom. The van der Waals surface area contributed by atoms with Gasteiger partial charge in [0.1, 0.15) is 0 Å². The highest BCUT2D eigenvalue weighted by Crippen LogP contribution is 2.52. The highest BCUT2D eigenvalue weighted by Gasteiger charge is 2.43. The molecular formula is C31H27IN2. The molecule has 5 rings (SSSR count). The van der Waals surface area contributed by atoms with Gasteiger partial charge in [-0.3, -0.25) is 0 Å². The van der Waals surface area contributed by atoms with Crippen LogP contribution in [0.1, 0.15) is 37.8 Å². The van der Waals surface area contributed by atoms with Crippen molar-refractivity contribution in [2.24, 2.45) is 4.99 Å². The van der Waals surface area contributed by atoms with Gasteiger partial charge < -0.3 is 3.11 Å². The van der Waals surface area contributed by atoms with Crippen LogP contribution >= 0.6 is 21.0 Å². The van der Waals surface area contributed by atoms with E-state index in [-0.39, 0.29) is 11.3 Å². The van der Waals surface area contributed by atoms with Gasteiger partial charge in [-0.15, -0.1) is 0 Å². The lowest BCUT2D eigenvalue weighted by atomic mass is 9.66. The first kappa shape index (κ1) is 22.6. The maximum atomic E-state index is 4.63. The molecule has 1 aliphatic rings. The molecule has 4 aromatic carbocycles. The summed E-state index contributed by atoms with van der Waals surface area (Å²) < 4.78 is 3.98. The second-order valence-electron chi connectivity index (χ2n) is 8.69. The Morgan fingerprint density at radius 1 is 1.03 bits per heavy atom. The van der Waals surface area contributed by atoms with Gasteiger partial charge in [0.2, 0.25) is 0 Å². The number of aliphatic imine (C=N–C) groups is 1.